The molecule has 0 aliphatic heterocycles. The maximum Gasteiger partial charge on any atom is 0.175 e. The van der Waals surface area contributed by atoms with E-state index in [1.165, 1.54) is 0 Å². The molecule has 0 N–H and O–H groups in total. The monoisotopic (exact) mass is 487 g/mol. The van der Waals surface area contributed by atoms with E-state index in [4.69, 9.17) is 32.7 Å². The van der Waals surface area contributed by atoms with E-state index in [0.29, 0.717) is 33.7 Å². The maximum absolute atomic E-state index is 9.57. The predicted octanol–water partition coefficient (Wildman–Crippen LogP) is 7.41. The van der Waals surface area contributed by atoms with Crippen molar-refractivity contribution in [1.82, 2.24) is 0 Å². The number of hydrogen-bond acceptors (Lipinski definition) is 3. The molecule has 0 aliphatic carbocycles. The Hall–Kier alpha value is -2.45. The average molecular weight is 489 g/mol. The molecular formula is C23H16BrCl2NO2. The summed E-state index contributed by atoms with van der Waals surface area (Å²) in [5.41, 5.74) is 3.03. The Morgan fingerprint density at radius 2 is 1.83 bits per heavy atom. The van der Waals surface area contributed by atoms with Crippen LogP contribution in [0, 0.1) is 11.3 Å². The Labute approximate surface area is 188 Å². The minimum atomic E-state index is 0.368. The zero-order valence-corrected chi connectivity index (χ0v) is 18.6. The molecule has 0 amide bonds. The summed E-state index contributed by atoms with van der Waals surface area (Å²) in [5, 5.41) is 10.8. The van der Waals surface area contributed by atoms with E-state index in [2.05, 4.69) is 22.0 Å². The van der Waals surface area contributed by atoms with Gasteiger partial charge in [0.1, 0.15) is 6.61 Å². The fourth-order valence-corrected chi connectivity index (χ4v) is 3.59. The van der Waals surface area contributed by atoms with Crippen LogP contribution in [0.25, 0.3) is 11.6 Å². The highest BCUT2D eigenvalue weighted by Gasteiger charge is 2.12. The summed E-state index contributed by atoms with van der Waals surface area (Å²) < 4.78 is 12.2. The lowest BCUT2D eigenvalue weighted by molar-refractivity contribution is 0.282. The molecule has 3 aromatic carbocycles. The van der Waals surface area contributed by atoms with Gasteiger partial charge in [0, 0.05) is 10.0 Å². The maximum atomic E-state index is 9.57. The minimum absolute atomic E-state index is 0.368. The molecule has 146 valence electrons. The summed E-state index contributed by atoms with van der Waals surface area (Å²) >= 11 is 15.5. The van der Waals surface area contributed by atoms with Gasteiger partial charge < -0.3 is 9.47 Å². The van der Waals surface area contributed by atoms with E-state index in [1.807, 2.05) is 48.5 Å². The highest BCUT2D eigenvalue weighted by molar-refractivity contribution is 9.10. The third-order valence-corrected chi connectivity index (χ3v) is 5.19. The van der Waals surface area contributed by atoms with Gasteiger partial charge in [-0.15, -0.1) is 0 Å². The van der Waals surface area contributed by atoms with Crippen LogP contribution >= 0.6 is 39.1 Å². The number of rotatable bonds is 6. The van der Waals surface area contributed by atoms with Crippen molar-refractivity contribution in [1.29, 1.82) is 5.26 Å². The molecule has 0 spiro atoms. The van der Waals surface area contributed by atoms with Crippen molar-refractivity contribution in [2.45, 2.75) is 6.61 Å². The highest BCUT2D eigenvalue weighted by Crippen LogP contribution is 2.38. The molecule has 0 saturated heterocycles. The zero-order chi connectivity index (χ0) is 20.8. The quantitative estimate of drug-likeness (QED) is 0.268. The van der Waals surface area contributed by atoms with Gasteiger partial charge in [-0.2, -0.15) is 5.26 Å². The third-order valence-electron chi connectivity index (χ3n) is 4.12. The Morgan fingerprint density at radius 1 is 1.07 bits per heavy atom. The molecule has 3 nitrogen and oxygen atoms in total. The lowest BCUT2D eigenvalue weighted by Gasteiger charge is -2.14. The largest absolute Gasteiger partial charge is 0.493 e. The fourth-order valence-electron chi connectivity index (χ4n) is 2.70. The number of allylic oxidation sites excluding steroid dienone is 1. The molecule has 0 unspecified atom stereocenters. The van der Waals surface area contributed by atoms with Gasteiger partial charge in [-0.3, -0.25) is 0 Å². The second-order valence-electron chi connectivity index (χ2n) is 6.13. The van der Waals surface area contributed by atoms with Gasteiger partial charge in [0.2, 0.25) is 0 Å². The van der Waals surface area contributed by atoms with Crippen LogP contribution in [0.2, 0.25) is 10.0 Å². The van der Waals surface area contributed by atoms with Gasteiger partial charge in [0.25, 0.3) is 0 Å². The minimum Gasteiger partial charge on any atom is -0.493 e. The summed E-state index contributed by atoms with van der Waals surface area (Å²) in [6.45, 7) is 0.368. The lowest BCUT2D eigenvalue weighted by Crippen LogP contribution is -1.99. The van der Waals surface area contributed by atoms with E-state index >= 15 is 0 Å². The molecule has 0 heterocycles. The van der Waals surface area contributed by atoms with E-state index < -0.39 is 0 Å². The van der Waals surface area contributed by atoms with Crippen molar-refractivity contribution in [3.63, 3.8) is 0 Å². The second-order valence-corrected chi connectivity index (χ2v) is 7.86. The topological polar surface area (TPSA) is 42.2 Å². The van der Waals surface area contributed by atoms with Crippen LogP contribution in [-0.2, 0) is 6.61 Å². The number of benzene rings is 3. The fraction of sp³-hybridized carbons (Fsp3) is 0.0870. The molecule has 3 rings (SSSR count). The Balaban J connectivity index is 1.89. The lowest BCUT2D eigenvalue weighted by atomic mass is 10.0. The van der Waals surface area contributed by atoms with Crippen LogP contribution < -0.4 is 9.47 Å². The van der Waals surface area contributed by atoms with Gasteiger partial charge in [-0.1, -0.05) is 47.5 Å². The first-order chi connectivity index (χ1) is 14.0. The number of methoxy groups -OCH3 is 1. The van der Waals surface area contributed by atoms with Crippen LogP contribution in [0.1, 0.15) is 16.7 Å². The Morgan fingerprint density at radius 3 is 2.48 bits per heavy atom. The Kier molecular flexibility index (Phi) is 7.22. The molecule has 6 heteroatoms. The van der Waals surface area contributed by atoms with Gasteiger partial charge in [-0.05, 0) is 75.1 Å². The van der Waals surface area contributed by atoms with Gasteiger partial charge >= 0.3 is 0 Å². The van der Waals surface area contributed by atoms with E-state index in [9.17, 15) is 5.26 Å². The number of nitriles is 1. The third kappa shape index (κ3) is 5.55. The predicted molar refractivity (Wildman–Crippen MR) is 121 cm³/mol. The van der Waals surface area contributed by atoms with Crippen molar-refractivity contribution in [3.8, 4) is 17.6 Å². The first-order valence-electron chi connectivity index (χ1n) is 8.62. The zero-order valence-electron chi connectivity index (χ0n) is 15.5. The van der Waals surface area contributed by atoms with Crippen LogP contribution in [0.5, 0.6) is 11.5 Å². The van der Waals surface area contributed by atoms with E-state index in [0.717, 1.165) is 21.2 Å². The molecule has 0 atom stereocenters. The Bertz CT molecular complexity index is 1090. The molecule has 0 aromatic heterocycles. The van der Waals surface area contributed by atoms with Crippen LogP contribution in [0.4, 0.5) is 0 Å². The summed E-state index contributed by atoms with van der Waals surface area (Å²) in [5.74, 6) is 1.14. The first-order valence-corrected chi connectivity index (χ1v) is 10.2. The number of hydrogen-bond donors (Lipinski definition) is 0. The van der Waals surface area contributed by atoms with Crippen molar-refractivity contribution in [3.05, 3.63) is 91.9 Å². The van der Waals surface area contributed by atoms with Crippen molar-refractivity contribution < 1.29 is 9.47 Å². The molecule has 3 aromatic rings. The average Bonchev–Trinajstić information content (AvgIpc) is 2.72. The normalized spacial score (nSPS) is 11.1. The van der Waals surface area contributed by atoms with Crippen LogP contribution in [0.15, 0.2) is 65.1 Å². The van der Waals surface area contributed by atoms with Crippen LogP contribution in [0.3, 0.4) is 0 Å². The number of nitrogens with zero attached hydrogens (tertiary/aromatic N) is 1. The summed E-state index contributed by atoms with van der Waals surface area (Å²) in [6.07, 6.45) is 1.78. The van der Waals surface area contributed by atoms with Gasteiger partial charge in [0.05, 0.1) is 23.2 Å². The van der Waals surface area contributed by atoms with Crippen LogP contribution in [-0.4, -0.2) is 7.11 Å². The first kappa shape index (κ1) is 21.3. The molecule has 0 radical (unpaired) electrons. The van der Waals surface area contributed by atoms with E-state index in [-0.39, 0.29) is 0 Å². The number of halogens is 3. The standard InChI is InChI=1S/C23H16BrCl2NO2/c1-28-22-11-16(9-18(13-27)17-3-2-4-20(26)12-17)10-21(24)23(22)29-14-15-5-7-19(25)8-6-15/h2-12H,14H2,1H3/b18-9-. The molecule has 0 saturated carbocycles. The highest BCUT2D eigenvalue weighted by atomic mass is 79.9. The SMILES string of the molecule is COc1cc(/C=C(/C#N)c2cccc(Cl)c2)cc(Br)c1OCc1ccc(Cl)cc1. The summed E-state index contributed by atoms with van der Waals surface area (Å²) in [6, 6.07) is 20.6. The smallest absolute Gasteiger partial charge is 0.175 e. The number of ether oxygens (including phenoxy) is 2. The van der Waals surface area contributed by atoms with Crippen molar-refractivity contribution in [2.75, 3.05) is 7.11 Å². The van der Waals surface area contributed by atoms with Crippen molar-refractivity contribution >= 4 is 50.8 Å². The van der Waals surface area contributed by atoms with Gasteiger partial charge in [0.15, 0.2) is 11.5 Å². The molecular weight excluding hydrogens is 473 g/mol. The van der Waals surface area contributed by atoms with Crippen molar-refractivity contribution in [2.24, 2.45) is 0 Å². The second kappa shape index (κ2) is 9.84. The molecule has 29 heavy (non-hydrogen) atoms. The summed E-state index contributed by atoms with van der Waals surface area (Å²) in [4.78, 5) is 0. The molecule has 0 fully saturated rings. The van der Waals surface area contributed by atoms with E-state index in [1.54, 1.807) is 25.3 Å². The summed E-state index contributed by atoms with van der Waals surface area (Å²) in [7, 11) is 1.58. The molecule has 0 bridgehead atoms. The van der Waals surface area contributed by atoms with Gasteiger partial charge in [-0.25, -0.2) is 0 Å². The molecule has 0 aliphatic rings.